The predicted octanol–water partition coefficient (Wildman–Crippen LogP) is -0.556. The summed E-state index contributed by atoms with van der Waals surface area (Å²) in [5.74, 6) is 0. The average Bonchev–Trinajstić information content (AvgIpc) is 2.14. The molecule has 0 fully saturated rings. The highest BCUT2D eigenvalue weighted by atomic mass is 16.1. The number of rotatable bonds is 2. The van der Waals surface area contributed by atoms with Crippen molar-refractivity contribution in [2.45, 2.75) is 26.7 Å². The molecule has 0 spiro atoms. The highest BCUT2D eigenvalue weighted by Gasteiger charge is 1.92. The molecule has 0 unspecified atom stereocenters. The molecule has 0 saturated carbocycles. The molecular formula is C10H14N2O2. The van der Waals surface area contributed by atoms with Gasteiger partial charge < -0.3 is 9.97 Å². The first-order valence-corrected chi connectivity index (χ1v) is 4.72. The van der Waals surface area contributed by atoms with Gasteiger partial charge in [-0.15, -0.1) is 0 Å². The zero-order valence-corrected chi connectivity index (χ0v) is 8.39. The van der Waals surface area contributed by atoms with Crippen molar-refractivity contribution in [3.63, 3.8) is 0 Å². The number of aromatic amines is 2. The molecule has 0 aliphatic rings. The van der Waals surface area contributed by atoms with Crippen molar-refractivity contribution in [3.8, 4) is 0 Å². The molecular weight excluding hydrogens is 180 g/mol. The van der Waals surface area contributed by atoms with Gasteiger partial charge in [0, 0.05) is 0 Å². The average molecular weight is 194 g/mol. The largest absolute Gasteiger partial charge is 0.316 e. The quantitative estimate of drug-likeness (QED) is 0.663. The van der Waals surface area contributed by atoms with Crippen LogP contribution in [0.3, 0.4) is 0 Å². The maximum absolute atomic E-state index is 11.4. The first kappa shape index (κ1) is 10.5. The number of nitrogens with one attached hydrogen (secondary N) is 2. The summed E-state index contributed by atoms with van der Waals surface area (Å²) < 4.78 is 0. The van der Waals surface area contributed by atoms with Crippen LogP contribution in [-0.2, 0) is 0 Å². The summed E-state index contributed by atoms with van der Waals surface area (Å²) in [6.07, 6.45) is 4.82. The van der Waals surface area contributed by atoms with Crippen molar-refractivity contribution in [1.29, 1.82) is 0 Å². The highest BCUT2D eigenvalue weighted by Crippen LogP contribution is 1.71. The van der Waals surface area contributed by atoms with Gasteiger partial charge in [0.05, 0.1) is 0 Å². The molecule has 1 rings (SSSR count). The Morgan fingerprint density at radius 2 is 1.29 bits per heavy atom. The Labute approximate surface area is 81.0 Å². The van der Waals surface area contributed by atoms with E-state index >= 15 is 0 Å². The molecule has 0 atom stereocenters. The van der Waals surface area contributed by atoms with E-state index in [9.17, 15) is 9.59 Å². The summed E-state index contributed by atoms with van der Waals surface area (Å²) in [6.45, 7) is 3.81. The molecule has 0 aliphatic heterocycles. The molecule has 1 aromatic heterocycles. The monoisotopic (exact) mass is 194 g/mol. The molecule has 1 aromatic rings. The molecule has 2 N–H and O–H groups in total. The fourth-order valence-electron chi connectivity index (χ4n) is 1.19. The summed E-state index contributed by atoms with van der Waals surface area (Å²) >= 11 is 0. The Kier molecular flexibility index (Phi) is 3.45. The Bertz CT molecular complexity index is 473. The molecule has 4 heteroatoms. The fraction of sp³-hybridized carbons (Fsp3) is 0.400. The molecule has 0 saturated heterocycles. The maximum atomic E-state index is 11.4. The smallest absolute Gasteiger partial charge is 0.271 e. The molecule has 14 heavy (non-hydrogen) atoms. The second-order valence-electron chi connectivity index (χ2n) is 2.96. The molecule has 76 valence electrons. The van der Waals surface area contributed by atoms with E-state index in [1.165, 1.54) is 0 Å². The topological polar surface area (TPSA) is 65.7 Å². The molecule has 0 radical (unpaired) electrons. The van der Waals surface area contributed by atoms with Crippen LogP contribution in [0.5, 0.6) is 0 Å². The summed E-state index contributed by atoms with van der Waals surface area (Å²) in [5, 5.41) is 0.677. The molecule has 0 aromatic carbocycles. The molecule has 1 heterocycles. The third-order valence-corrected chi connectivity index (χ3v) is 1.80. The van der Waals surface area contributed by atoms with Crippen LogP contribution < -0.4 is 21.8 Å². The van der Waals surface area contributed by atoms with Gasteiger partial charge in [-0.25, -0.2) is 0 Å². The van der Waals surface area contributed by atoms with Gasteiger partial charge in [-0.1, -0.05) is 26.0 Å². The van der Waals surface area contributed by atoms with Gasteiger partial charge >= 0.3 is 0 Å². The molecule has 0 bridgehead atoms. The lowest BCUT2D eigenvalue weighted by Crippen LogP contribution is -2.46. The van der Waals surface area contributed by atoms with Crippen molar-refractivity contribution in [1.82, 2.24) is 9.97 Å². The van der Waals surface area contributed by atoms with Crippen molar-refractivity contribution >= 4 is 12.2 Å². The van der Waals surface area contributed by atoms with E-state index in [4.69, 9.17) is 0 Å². The lowest BCUT2D eigenvalue weighted by atomic mass is 10.4. The molecule has 0 amide bonds. The molecule has 4 nitrogen and oxygen atoms in total. The van der Waals surface area contributed by atoms with Crippen LogP contribution >= 0.6 is 0 Å². The standard InChI is InChI=1S/C10H14N2O2/c1-3-5-7-9(13)12-8(6-4-2)10(14)11-7/h5-6H,3-4H2,1-2H3,(H,11,14)(H,12,13)/b7-5-,8-6-. The Balaban J connectivity index is 3.56. The van der Waals surface area contributed by atoms with E-state index in [1.54, 1.807) is 12.2 Å². The zero-order valence-electron chi connectivity index (χ0n) is 8.39. The van der Waals surface area contributed by atoms with Crippen molar-refractivity contribution in [2.24, 2.45) is 0 Å². The summed E-state index contributed by atoms with van der Waals surface area (Å²) in [5.41, 5.74) is -0.489. The lowest BCUT2D eigenvalue weighted by Gasteiger charge is -1.88. The van der Waals surface area contributed by atoms with Crippen LogP contribution in [0.25, 0.3) is 12.2 Å². The summed E-state index contributed by atoms with van der Waals surface area (Å²) in [4.78, 5) is 27.8. The minimum absolute atomic E-state index is 0.244. The SMILES string of the molecule is CC/C=c1\[nH]c(=O)/c(=C/CC)[nH]c1=O. The van der Waals surface area contributed by atoms with Gasteiger partial charge in [-0.2, -0.15) is 0 Å². The van der Waals surface area contributed by atoms with E-state index in [0.717, 1.165) is 12.8 Å². The van der Waals surface area contributed by atoms with Crippen LogP contribution in [0.15, 0.2) is 9.59 Å². The van der Waals surface area contributed by atoms with Crippen molar-refractivity contribution in [2.75, 3.05) is 0 Å². The van der Waals surface area contributed by atoms with E-state index < -0.39 is 0 Å². The van der Waals surface area contributed by atoms with Crippen molar-refractivity contribution in [3.05, 3.63) is 31.4 Å². The second-order valence-corrected chi connectivity index (χ2v) is 2.96. The van der Waals surface area contributed by atoms with Crippen LogP contribution in [0.4, 0.5) is 0 Å². The van der Waals surface area contributed by atoms with E-state index in [1.807, 2.05) is 13.8 Å². The second kappa shape index (κ2) is 4.60. The van der Waals surface area contributed by atoms with Crippen molar-refractivity contribution < 1.29 is 0 Å². The summed E-state index contributed by atoms with van der Waals surface area (Å²) in [6, 6.07) is 0. The third-order valence-electron chi connectivity index (χ3n) is 1.80. The van der Waals surface area contributed by atoms with Gasteiger partial charge in [-0.05, 0) is 12.8 Å². The van der Waals surface area contributed by atoms with Crippen LogP contribution in [0, 0.1) is 0 Å². The van der Waals surface area contributed by atoms with Gasteiger partial charge in [0.25, 0.3) is 11.1 Å². The number of hydrogen-bond acceptors (Lipinski definition) is 2. The first-order chi connectivity index (χ1) is 6.69. The lowest BCUT2D eigenvalue weighted by molar-refractivity contribution is 0.989. The molecule has 0 aliphatic carbocycles. The minimum atomic E-state index is -0.244. The van der Waals surface area contributed by atoms with Crippen LogP contribution in [0.1, 0.15) is 26.7 Å². The van der Waals surface area contributed by atoms with Crippen LogP contribution in [0.2, 0.25) is 0 Å². The first-order valence-electron chi connectivity index (χ1n) is 4.72. The Morgan fingerprint density at radius 3 is 1.57 bits per heavy atom. The Morgan fingerprint density at radius 1 is 0.929 bits per heavy atom. The zero-order chi connectivity index (χ0) is 10.6. The normalized spacial score (nSPS) is 13.6. The highest BCUT2D eigenvalue weighted by molar-refractivity contribution is 5.19. The van der Waals surface area contributed by atoms with E-state index in [2.05, 4.69) is 9.97 Å². The maximum Gasteiger partial charge on any atom is 0.271 e. The summed E-state index contributed by atoms with van der Waals surface area (Å²) in [7, 11) is 0. The van der Waals surface area contributed by atoms with Crippen LogP contribution in [-0.4, -0.2) is 9.97 Å². The van der Waals surface area contributed by atoms with Gasteiger partial charge in [0.15, 0.2) is 0 Å². The van der Waals surface area contributed by atoms with Gasteiger partial charge in [-0.3, -0.25) is 9.59 Å². The predicted molar refractivity (Wildman–Crippen MR) is 56.4 cm³/mol. The van der Waals surface area contributed by atoms with Gasteiger partial charge in [0.1, 0.15) is 10.7 Å². The Hall–Kier alpha value is -1.58. The number of H-pyrrole nitrogens is 2. The van der Waals surface area contributed by atoms with E-state index in [-0.39, 0.29) is 11.1 Å². The minimum Gasteiger partial charge on any atom is -0.316 e. The fourth-order valence-corrected chi connectivity index (χ4v) is 1.19. The third kappa shape index (κ3) is 2.22. The van der Waals surface area contributed by atoms with Gasteiger partial charge in [0.2, 0.25) is 0 Å². The van der Waals surface area contributed by atoms with E-state index in [0.29, 0.717) is 10.7 Å². The number of hydrogen-bond donors (Lipinski definition) is 2. The number of aromatic nitrogens is 2.